The minimum atomic E-state index is -4.66. The molecule has 5 heterocycles. The summed E-state index contributed by atoms with van der Waals surface area (Å²) in [5, 5.41) is 10.2. The summed E-state index contributed by atoms with van der Waals surface area (Å²) in [5.74, 6) is -1.18. The van der Waals surface area contributed by atoms with Gasteiger partial charge < -0.3 is 9.72 Å². The van der Waals surface area contributed by atoms with Crippen LogP contribution in [-0.2, 0) is 24.1 Å². The Hall–Kier alpha value is -3.78. The lowest BCUT2D eigenvalue weighted by Gasteiger charge is -2.06. The van der Waals surface area contributed by atoms with Crippen molar-refractivity contribution in [1.82, 2.24) is 49.3 Å². The number of H-pyrrole nitrogens is 2. The third kappa shape index (κ3) is 4.29. The van der Waals surface area contributed by atoms with Crippen LogP contribution in [0.25, 0.3) is 28.7 Å². The number of nitrogens with zero attached hydrogens (tertiary/aromatic N) is 8. The number of fused-ring (bicyclic) bond motifs is 1. The highest BCUT2D eigenvalue weighted by molar-refractivity contribution is 6.30. The Kier molecular flexibility index (Phi) is 5.30. The van der Waals surface area contributed by atoms with Gasteiger partial charge in [0.1, 0.15) is 11.4 Å². The molecule has 0 aromatic carbocycles. The van der Waals surface area contributed by atoms with Crippen LogP contribution in [0.2, 0.25) is 5.02 Å². The molecule has 0 aliphatic carbocycles. The summed E-state index contributed by atoms with van der Waals surface area (Å²) in [5.41, 5.74) is 1.76. The second kappa shape index (κ2) is 8.29. The van der Waals surface area contributed by atoms with E-state index in [1.54, 1.807) is 33.9 Å². The van der Waals surface area contributed by atoms with Crippen LogP contribution in [-0.4, -0.2) is 55.9 Å². The maximum Gasteiger partial charge on any atom is 0.451 e. The van der Waals surface area contributed by atoms with Crippen LogP contribution in [0, 0.1) is 0 Å². The normalized spacial score (nSPS) is 12.1. The van der Waals surface area contributed by atoms with Crippen molar-refractivity contribution in [3.63, 3.8) is 0 Å². The van der Waals surface area contributed by atoms with Crippen molar-refractivity contribution in [3.8, 4) is 22.9 Å². The van der Waals surface area contributed by atoms with E-state index in [2.05, 4.69) is 35.1 Å². The molecule has 2 N–H and O–H groups in total. The van der Waals surface area contributed by atoms with Crippen molar-refractivity contribution < 1.29 is 17.9 Å². The van der Waals surface area contributed by atoms with Crippen LogP contribution in [0.1, 0.15) is 11.4 Å². The number of imidazole rings is 2. The Balaban J connectivity index is 1.44. The highest BCUT2D eigenvalue weighted by Gasteiger charge is 2.36. The van der Waals surface area contributed by atoms with E-state index in [9.17, 15) is 13.2 Å². The van der Waals surface area contributed by atoms with Gasteiger partial charge in [0.2, 0.25) is 17.4 Å². The minimum absolute atomic E-state index is 0.118. The maximum atomic E-state index is 13.0. The molecule has 0 saturated heterocycles. The number of ether oxygens (including phenoxy) is 1. The number of aromatic nitrogens is 10. The molecule has 0 unspecified atom stereocenters. The molecule has 0 amide bonds. The summed E-state index contributed by atoms with van der Waals surface area (Å²) in [6.07, 6.45) is 4.84. The molecule has 0 spiro atoms. The van der Waals surface area contributed by atoms with Gasteiger partial charge in [0.05, 0.1) is 49.2 Å². The second-order valence-corrected chi connectivity index (χ2v) is 7.32. The van der Waals surface area contributed by atoms with Crippen LogP contribution in [0.15, 0.2) is 37.3 Å². The van der Waals surface area contributed by atoms with E-state index in [1.165, 1.54) is 12.5 Å². The summed E-state index contributed by atoms with van der Waals surface area (Å²) in [7, 11) is 0. The predicted molar refractivity (Wildman–Crippen MR) is 108 cm³/mol. The topological polar surface area (TPSA) is 127 Å². The zero-order valence-electron chi connectivity index (χ0n) is 16.6. The van der Waals surface area contributed by atoms with Gasteiger partial charge in [0.15, 0.2) is 0 Å². The molecular weight excluding hydrogens is 465 g/mol. The number of halogens is 4. The Morgan fingerprint density at radius 2 is 2.00 bits per heavy atom. The standard InChI is InChI=1S/C18H14ClF3N10O/c19-11-4-26-31(7-11)1-2-33-8-10-3-24-17-27-13(15-28-16(30-29-15)18(20,21)22)14(32(17)6-10)12-5-23-9-25-12/h3-7,9H,1-2,8H2,(H,23,25)(H,28,29,30). The molecule has 11 nitrogen and oxygen atoms in total. The van der Waals surface area contributed by atoms with Crippen LogP contribution >= 0.6 is 11.6 Å². The number of hydrogen-bond donors (Lipinski definition) is 2. The van der Waals surface area contributed by atoms with Gasteiger partial charge in [0.25, 0.3) is 0 Å². The van der Waals surface area contributed by atoms with Crippen molar-refractivity contribution in [2.24, 2.45) is 0 Å². The first-order valence-corrected chi connectivity index (χ1v) is 9.87. The SMILES string of the molecule is FC(F)(F)c1nc(-c2nc3ncc(COCCn4cc(Cl)cn4)cn3c2-c2cnc[nH]2)n[nH]1. The molecule has 5 aromatic heterocycles. The first-order valence-electron chi connectivity index (χ1n) is 9.50. The average molecular weight is 479 g/mol. The molecule has 0 aliphatic rings. The quantitative estimate of drug-likeness (QED) is 0.344. The number of nitrogens with one attached hydrogen (secondary N) is 2. The average Bonchev–Trinajstić information content (AvgIpc) is 3.56. The Bertz CT molecular complexity index is 1390. The van der Waals surface area contributed by atoms with Crippen molar-refractivity contribution in [2.75, 3.05) is 6.61 Å². The smallest absolute Gasteiger partial charge is 0.375 e. The number of alkyl halides is 3. The van der Waals surface area contributed by atoms with E-state index in [-0.39, 0.29) is 23.9 Å². The summed E-state index contributed by atoms with van der Waals surface area (Å²) in [4.78, 5) is 19.1. The number of aromatic amines is 2. The molecule has 0 atom stereocenters. The van der Waals surface area contributed by atoms with Crippen LogP contribution in [0.4, 0.5) is 13.2 Å². The van der Waals surface area contributed by atoms with E-state index >= 15 is 0 Å². The molecule has 0 bridgehead atoms. The molecule has 5 aromatic rings. The third-order valence-corrected chi connectivity index (χ3v) is 4.78. The van der Waals surface area contributed by atoms with Gasteiger partial charge in [-0.05, 0) is 0 Å². The van der Waals surface area contributed by atoms with Crippen LogP contribution in [0.3, 0.4) is 0 Å². The fourth-order valence-electron chi connectivity index (χ4n) is 3.15. The van der Waals surface area contributed by atoms with Crippen molar-refractivity contribution >= 4 is 17.4 Å². The molecule has 0 radical (unpaired) electrons. The van der Waals surface area contributed by atoms with Crippen LogP contribution in [0.5, 0.6) is 0 Å². The Morgan fingerprint density at radius 3 is 2.70 bits per heavy atom. The predicted octanol–water partition coefficient (Wildman–Crippen LogP) is 2.99. The largest absolute Gasteiger partial charge is 0.451 e. The van der Waals surface area contributed by atoms with Gasteiger partial charge in [-0.15, -0.1) is 0 Å². The summed E-state index contributed by atoms with van der Waals surface area (Å²) < 4.78 is 48.0. The fourth-order valence-corrected chi connectivity index (χ4v) is 3.31. The number of rotatable bonds is 7. The van der Waals surface area contributed by atoms with E-state index in [0.29, 0.717) is 29.6 Å². The van der Waals surface area contributed by atoms with Gasteiger partial charge in [-0.2, -0.15) is 23.4 Å². The third-order valence-electron chi connectivity index (χ3n) is 4.59. The maximum absolute atomic E-state index is 13.0. The summed E-state index contributed by atoms with van der Waals surface area (Å²) >= 11 is 5.84. The van der Waals surface area contributed by atoms with Gasteiger partial charge in [-0.3, -0.25) is 14.2 Å². The molecule has 0 aliphatic heterocycles. The highest BCUT2D eigenvalue weighted by Crippen LogP contribution is 2.32. The molecule has 33 heavy (non-hydrogen) atoms. The van der Waals surface area contributed by atoms with E-state index in [4.69, 9.17) is 16.3 Å². The molecule has 0 fully saturated rings. The van der Waals surface area contributed by atoms with Crippen molar-refractivity contribution in [2.45, 2.75) is 19.3 Å². The summed E-state index contributed by atoms with van der Waals surface area (Å²) in [6, 6.07) is 0. The first kappa shape index (κ1) is 21.1. The Labute approximate surface area is 187 Å². The van der Waals surface area contributed by atoms with Gasteiger partial charge in [-0.1, -0.05) is 11.6 Å². The number of hydrogen-bond acceptors (Lipinski definition) is 7. The van der Waals surface area contributed by atoms with E-state index in [0.717, 1.165) is 5.56 Å². The summed E-state index contributed by atoms with van der Waals surface area (Å²) in [6.45, 7) is 1.15. The fraction of sp³-hybridized carbons (Fsp3) is 0.222. The molecule has 5 rings (SSSR count). The van der Waals surface area contributed by atoms with Crippen LogP contribution < -0.4 is 0 Å². The first-order chi connectivity index (χ1) is 15.9. The lowest BCUT2D eigenvalue weighted by Crippen LogP contribution is -2.07. The highest BCUT2D eigenvalue weighted by atomic mass is 35.5. The van der Waals surface area contributed by atoms with Gasteiger partial charge in [0, 0.05) is 24.2 Å². The van der Waals surface area contributed by atoms with Gasteiger partial charge >= 0.3 is 6.18 Å². The van der Waals surface area contributed by atoms with Crippen molar-refractivity contribution in [3.05, 3.63) is 53.7 Å². The molecule has 15 heteroatoms. The molecule has 0 saturated carbocycles. The zero-order valence-corrected chi connectivity index (χ0v) is 17.3. The van der Waals surface area contributed by atoms with Crippen molar-refractivity contribution in [1.29, 1.82) is 0 Å². The second-order valence-electron chi connectivity index (χ2n) is 6.89. The molecule has 170 valence electrons. The lowest BCUT2D eigenvalue weighted by molar-refractivity contribution is -0.144. The monoisotopic (exact) mass is 478 g/mol. The van der Waals surface area contributed by atoms with Gasteiger partial charge in [-0.25, -0.2) is 19.9 Å². The van der Waals surface area contributed by atoms with E-state index < -0.39 is 12.0 Å². The minimum Gasteiger partial charge on any atom is -0.375 e. The molecular formula is C18H14ClF3N10O. The zero-order chi connectivity index (χ0) is 23.0. The lowest BCUT2D eigenvalue weighted by atomic mass is 10.2. The Morgan fingerprint density at radius 1 is 1.12 bits per heavy atom. The van der Waals surface area contributed by atoms with E-state index in [1.807, 2.05) is 5.10 Å².